The van der Waals surface area contributed by atoms with Gasteiger partial charge in [-0.15, -0.1) is 0 Å². The van der Waals surface area contributed by atoms with Crippen LogP contribution in [0.4, 0.5) is 11.8 Å². The molecule has 0 aromatic carbocycles. The molecule has 0 amide bonds. The second-order valence-electron chi connectivity index (χ2n) is 6.47. The Bertz CT molecular complexity index is 663. The zero-order valence-electron chi connectivity index (χ0n) is 13.7. The van der Waals surface area contributed by atoms with Gasteiger partial charge in [-0.05, 0) is 31.2 Å². The van der Waals surface area contributed by atoms with Gasteiger partial charge in [0.25, 0.3) is 0 Å². The van der Waals surface area contributed by atoms with Crippen LogP contribution in [0, 0.1) is 11.8 Å². The van der Waals surface area contributed by atoms with Gasteiger partial charge in [-0.1, -0.05) is 13.8 Å². The van der Waals surface area contributed by atoms with E-state index in [1.165, 1.54) is 0 Å². The van der Waals surface area contributed by atoms with E-state index in [4.69, 9.17) is 16.2 Å². The van der Waals surface area contributed by atoms with Gasteiger partial charge in [0.1, 0.15) is 11.3 Å². The molecule has 0 saturated carbocycles. The van der Waals surface area contributed by atoms with Crippen molar-refractivity contribution in [2.75, 3.05) is 31.2 Å². The summed E-state index contributed by atoms with van der Waals surface area (Å²) >= 11 is 0. The highest BCUT2D eigenvalue weighted by Crippen LogP contribution is 2.25. The summed E-state index contributed by atoms with van der Waals surface area (Å²) in [6.07, 6.45) is 2.21. The van der Waals surface area contributed by atoms with Crippen LogP contribution >= 0.6 is 0 Å². The van der Waals surface area contributed by atoms with Gasteiger partial charge in [0, 0.05) is 13.2 Å². The van der Waals surface area contributed by atoms with Crippen molar-refractivity contribution in [1.29, 1.82) is 0 Å². The van der Waals surface area contributed by atoms with Crippen LogP contribution < -0.4 is 16.8 Å². The van der Waals surface area contributed by atoms with E-state index in [1.807, 2.05) is 0 Å². The monoisotopic (exact) mass is 319 g/mol. The maximum atomic E-state index is 5.90. The van der Waals surface area contributed by atoms with Crippen LogP contribution in [-0.4, -0.2) is 39.7 Å². The first-order valence-electron chi connectivity index (χ1n) is 8.14. The smallest absolute Gasteiger partial charge is 0.224 e. The molecule has 0 aliphatic carbocycles. The summed E-state index contributed by atoms with van der Waals surface area (Å²) in [5.74, 6) is 2.33. The van der Waals surface area contributed by atoms with E-state index in [2.05, 4.69) is 39.1 Å². The second kappa shape index (κ2) is 6.67. The summed E-state index contributed by atoms with van der Waals surface area (Å²) in [5.41, 5.74) is 12.7. The number of hydrogen-bond acceptors (Lipinski definition) is 7. The second-order valence-corrected chi connectivity index (χ2v) is 6.47. The van der Waals surface area contributed by atoms with Crippen LogP contribution in [0.3, 0.4) is 0 Å². The Morgan fingerprint density at radius 3 is 2.65 bits per heavy atom. The van der Waals surface area contributed by atoms with E-state index in [0.717, 1.165) is 38.4 Å². The molecular formula is C15H25N7O. The zero-order valence-corrected chi connectivity index (χ0v) is 13.7. The molecule has 0 bridgehead atoms. The lowest BCUT2D eigenvalue weighted by Gasteiger charge is -2.26. The summed E-state index contributed by atoms with van der Waals surface area (Å²) in [4.78, 5) is 15.9. The van der Waals surface area contributed by atoms with Crippen LogP contribution in [0.5, 0.6) is 0 Å². The lowest BCUT2D eigenvalue weighted by atomic mass is 9.98. The van der Waals surface area contributed by atoms with Crippen molar-refractivity contribution in [3.05, 3.63) is 5.82 Å². The fraction of sp³-hybridized carbons (Fsp3) is 0.667. The molecule has 8 heteroatoms. The highest BCUT2D eigenvalue weighted by Gasteiger charge is 2.23. The Labute approximate surface area is 135 Å². The Hall–Kier alpha value is -1.93. The quantitative estimate of drug-likeness (QED) is 0.652. The van der Waals surface area contributed by atoms with Crippen molar-refractivity contribution in [1.82, 2.24) is 25.3 Å². The third kappa shape index (κ3) is 3.53. The molecule has 23 heavy (non-hydrogen) atoms. The zero-order chi connectivity index (χ0) is 16.4. The molecule has 1 saturated heterocycles. The number of anilines is 2. The van der Waals surface area contributed by atoms with Crippen molar-refractivity contribution in [2.24, 2.45) is 11.8 Å². The average Bonchev–Trinajstić information content (AvgIpc) is 2.92. The Morgan fingerprint density at radius 2 is 1.96 bits per heavy atom. The van der Waals surface area contributed by atoms with Crippen molar-refractivity contribution in [3.8, 4) is 0 Å². The number of aromatic nitrogens is 4. The summed E-state index contributed by atoms with van der Waals surface area (Å²) in [7, 11) is 0. The number of hydrogen-bond donors (Lipinski definition) is 4. The van der Waals surface area contributed by atoms with Crippen molar-refractivity contribution < 1.29 is 4.74 Å². The molecular weight excluding hydrogens is 294 g/mol. The van der Waals surface area contributed by atoms with Crippen molar-refractivity contribution >= 4 is 22.9 Å². The van der Waals surface area contributed by atoms with Crippen LogP contribution in [0.1, 0.15) is 38.6 Å². The predicted molar refractivity (Wildman–Crippen MR) is 89.6 cm³/mol. The molecule has 3 heterocycles. The number of H-pyrrole nitrogens is 1. The minimum atomic E-state index is 0.104. The van der Waals surface area contributed by atoms with Crippen molar-refractivity contribution in [2.45, 2.75) is 32.7 Å². The van der Waals surface area contributed by atoms with Gasteiger partial charge in [0.15, 0.2) is 11.5 Å². The predicted octanol–water partition coefficient (Wildman–Crippen LogP) is 1.23. The van der Waals surface area contributed by atoms with E-state index in [-0.39, 0.29) is 12.0 Å². The number of nitrogens with zero attached hydrogens (tertiary/aromatic N) is 3. The first kappa shape index (κ1) is 15.9. The molecule has 0 radical (unpaired) electrons. The lowest BCUT2D eigenvalue weighted by molar-refractivity contribution is 0.0648. The van der Waals surface area contributed by atoms with Crippen LogP contribution in [0.2, 0.25) is 0 Å². The van der Waals surface area contributed by atoms with Crippen molar-refractivity contribution in [3.63, 3.8) is 0 Å². The third-order valence-electron chi connectivity index (χ3n) is 4.34. The molecule has 1 unspecified atom stereocenters. The van der Waals surface area contributed by atoms with Gasteiger partial charge in [0.05, 0.1) is 6.04 Å². The van der Waals surface area contributed by atoms with E-state index in [9.17, 15) is 0 Å². The summed E-state index contributed by atoms with van der Waals surface area (Å²) in [6.45, 7) is 6.99. The van der Waals surface area contributed by atoms with E-state index in [1.54, 1.807) is 0 Å². The Balaban J connectivity index is 1.78. The molecule has 1 aliphatic heterocycles. The molecule has 126 valence electrons. The SMILES string of the molecule is CC(C)C(NCC1CCOCC1)c1nc2nc(N)nc(N)c2[nH]1. The maximum Gasteiger partial charge on any atom is 0.224 e. The van der Waals surface area contributed by atoms with Crippen LogP contribution in [0.15, 0.2) is 0 Å². The number of imidazole rings is 1. The molecule has 1 aliphatic rings. The fourth-order valence-electron chi connectivity index (χ4n) is 2.99. The van der Waals surface area contributed by atoms with E-state index >= 15 is 0 Å². The summed E-state index contributed by atoms with van der Waals surface area (Å²) in [5, 5.41) is 3.63. The lowest BCUT2D eigenvalue weighted by Crippen LogP contribution is -2.33. The normalized spacial score (nSPS) is 17.9. The molecule has 8 nitrogen and oxygen atoms in total. The van der Waals surface area contributed by atoms with E-state index in [0.29, 0.717) is 28.8 Å². The number of nitrogens with two attached hydrogens (primary N) is 2. The highest BCUT2D eigenvalue weighted by molar-refractivity contribution is 5.82. The van der Waals surface area contributed by atoms with Gasteiger partial charge in [0.2, 0.25) is 5.95 Å². The summed E-state index contributed by atoms with van der Waals surface area (Å²) in [6, 6.07) is 0.104. The van der Waals surface area contributed by atoms with Gasteiger partial charge < -0.3 is 26.5 Å². The maximum absolute atomic E-state index is 5.90. The van der Waals surface area contributed by atoms with Gasteiger partial charge >= 0.3 is 0 Å². The average molecular weight is 319 g/mol. The molecule has 6 N–H and O–H groups in total. The molecule has 3 rings (SSSR count). The minimum Gasteiger partial charge on any atom is -0.382 e. The number of ether oxygens (including phenoxy) is 1. The van der Waals surface area contributed by atoms with Crippen LogP contribution in [-0.2, 0) is 4.74 Å². The minimum absolute atomic E-state index is 0.104. The number of rotatable bonds is 5. The molecule has 1 fully saturated rings. The standard InChI is InChI=1S/C15H25N7O/c1-8(2)10(18-7-9-3-5-23-6-4-9)13-19-11-12(16)20-15(17)22-14(11)21-13/h8-10,18H,3-7H2,1-2H3,(H5,16,17,19,20,21,22). The first-order valence-corrected chi connectivity index (χ1v) is 8.14. The molecule has 1 atom stereocenters. The molecule has 2 aromatic rings. The topological polar surface area (TPSA) is 128 Å². The highest BCUT2D eigenvalue weighted by atomic mass is 16.5. The molecule has 2 aromatic heterocycles. The van der Waals surface area contributed by atoms with Gasteiger partial charge in [-0.25, -0.2) is 4.98 Å². The first-order chi connectivity index (χ1) is 11.0. The Kier molecular flexibility index (Phi) is 4.63. The van der Waals surface area contributed by atoms with Crippen LogP contribution in [0.25, 0.3) is 11.2 Å². The number of fused-ring (bicyclic) bond motifs is 1. The number of nitrogen functional groups attached to an aromatic ring is 2. The third-order valence-corrected chi connectivity index (χ3v) is 4.34. The molecule has 0 spiro atoms. The Morgan fingerprint density at radius 1 is 1.22 bits per heavy atom. The summed E-state index contributed by atoms with van der Waals surface area (Å²) < 4.78 is 5.42. The van der Waals surface area contributed by atoms with Gasteiger partial charge in [-0.2, -0.15) is 9.97 Å². The number of aromatic amines is 1. The largest absolute Gasteiger partial charge is 0.382 e. The van der Waals surface area contributed by atoms with Gasteiger partial charge in [-0.3, -0.25) is 0 Å². The number of nitrogens with one attached hydrogen (secondary N) is 2. The fourth-order valence-corrected chi connectivity index (χ4v) is 2.99. The van der Waals surface area contributed by atoms with E-state index < -0.39 is 0 Å².